The van der Waals surface area contributed by atoms with Crippen molar-refractivity contribution in [1.29, 1.82) is 5.26 Å². The molecule has 1 aromatic heterocycles. The summed E-state index contributed by atoms with van der Waals surface area (Å²) in [5.74, 6) is 0.765. The molecule has 0 bridgehead atoms. The predicted octanol–water partition coefficient (Wildman–Crippen LogP) is 4.02. The van der Waals surface area contributed by atoms with E-state index in [4.69, 9.17) is 5.26 Å². The second-order valence-corrected chi connectivity index (χ2v) is 7.45. The van der Waals surface area contributed by atoms with Crippen molar-refractivity contribution in [2.75, 3.05) is 16.8 Å². The lowest BCUT2D eigenvalue weighted by molar-refractivity contribution is -0.118. The molecule has 1 N–H and O–H groups in total. The Morgan fingerprint density at radius 3 is 2.93 bits per heavy atom. The highest BCUT2D eigenvalue weighted by Crippen LogP contribution is 2.39. The van der Waals surface area contributed by atoms with Gasteiger partial charge in [0.1, 0.15) is 0 Å². The Morgan fingerprint density at radius 1 is 1.26 bits per heavy atom. The summed E-state index contributed by atoms with van der Waals surface area (Å²) >= 11 is 0. The minimum atomic E-state index is 0.166. The smallest absolute Gasteiger partial charge is 0.227 e. The third kappa shape index (κ3) is 3.80. The van der Waals surface area contributed by atoms with Gasteiger partial charge in [-0.2, -0.15) is 5.26 Å². The van der Waals surface area contributed by atoms with Crippen molar-refractivity contribution in [3.8, 4) is 6.07 Å². The van der Waals surface area contributed by atoms with Crippen LogP contribution in [0.25, 0.3) is 0 Å². The normalized spacial score (nSPS) is 21.1. The Kier molecular flexibility index (Phi) is 5.06. The fourth-order valence-corrected chi connectivity index (χ4v) is 4.07. The average Bonchev–Trinajstić information content (AvgIpc) is 2.67. The third-order valence-corrected chi connectivity index (χ3v) is 5.61. The minimum absolute atomic E-state index is 0.166. The van der Waals surface area contributed by atoms with E-state index < -0.39 is 0 Å². The van der Waals surface area contributed by atoms with E-state index in [1.54, 1.807) is 0 Å². The number of nitrogens with one attached hydrogen (secondary N) is 1. The molecule has 5 heteroatoms. The second kappa shape index (κ2) is 7.79. The lowest BCUT2D eigenvalue weighted by Gasteiger charge is -2.37. The molecule has 1 saturated carbocycles. The number of carbonyl (C=O) groups is 1. The van der Waals surface area contributed by atoms with Crippen molar-refractivity contribution in [3.63, 3.8) is 0 Å². The molecule has 1 aliphatic carbocycles. The molecule has 1 fully saturated rings. The van der Waals surface area contributed by atoms with Crippen LogP contribution in [0.1, 0.15) is 49.1 Å². The number of nitriles is 1. The van der Waals surface area contributed by atoms with Crippen molar-refractivity contribution < 1.29 is 4.79 Å². The largest absolute Gasteiger partial charge is 0.382 e. The van der Waals surface area contributed by atoms with Gasteiger partial charge in [0.25, 0.3) is 0 Å². The number of aromatic nitrogens is 1. The molecule has 0 spiro atoms. The van der Waals surface area contributed by atoms with Crippen LogP contribution in [0.2, 0.25) is 0 Å². The van der Waals surface area contributed by atoms with Gasteiger partial charge in [-0.3, -0.25) is 9.78 Å². The summed E-state index contributed by atoms with van der Waals surface area (Å²) in [6.45, 7) is 0.627. The van der Waals surface area contributed by atoms with Gasteiger partial charge in [-0.05, 0) is 67.0 Å². The van der Waals surface area contributed by atoms with Gasteiger partial charge in [0.15, 0.2) is 0 Å². The highest BCUT2D eigenvalue weighted by atomic mass is 16.2. The number of amides is 1. The van der Waals surface area contributed by atoms with Gasteiger partial charge in [0, 0.05) is 49.2 Å². The van der Waals surface area contributed by atoms with Crippen LogP contribution in [-0.2, 0) is 11.2 Å². The quantitative estimate of drug-likeness (QED) is 0.790. The molecule has 5 nitrogen and oxygen atoms in total. The average molecular weight is 360 g/mol. The van der Waals surface area contributed by atoms with Crippen molar-refractivity contribution in [1.82, 2.24) is 4.98 Å². The van der Waals surface area contributed by atoms with E-state index in [-0.39, 0.29) is 5.91 Å². The Bertz CT molecular complexity index is 852. The summed E-state index contributed by atoms with van der Waals surface area (Å²) in [5, 5.41) is 12.4. The molecule has 0 saturated heterocycles. The van der Waals surface area contributed by atoms with Crippen molar-refractivity contribution >= 4 is 17.3 Å². The first-order valence-electron chi connectivity index (χ1n) is 9.71. The molecule has 2 heterocycles. The monoisotopic (exact) mass is 360 g/mol. The number of fused-ring (bicyclic) bond motifs is 1. The van der Waals surface area contributed by atoms with Gasteiger partial charge < -0.3 is 10.2 Å². The molecule has 1 amide bonds. The molecule has 2 aliphatic rings. The lowest BCUT2D eigenvalue weighted by Crippen LogP contribution is -2.36. The van der Waals surface area contributed by atoms with E-state index >= 15 is 0 Å². The summed E-state index contributed by atoms with van der Waals surface area (Å²) in [5.41, 5.74) is 4.69. The SMILES string of the molecule is N#CCCCN1C(=O)CCc2cc(NC3CC(c4cccnc4)C3)ccc21. The van der Waals surface area contributed by atoms with E-state index in [1.165, 1.54) is 11.1 Å². The fourth-order valence-electron chi connectivity index (χ4n) is 4.07. The molecule has 0 atom stereocenters. The number of unbranched alkanes of at least 4 members (excludes halogenated alkanes) is 1. The summed E-state index contributed by atoms with van der Waals surface area (Å²) < 4.78 is 0. The molecular weight excluding hydrogens is 336 g/mol. The van der Waals surface area contributed by atoms with E-state index in [0.29, 0.717) is 31.3 Å². The topological polar surface area (TPSA) is 69.0 Å². The maximum Gasteiger partial charge on any atom is 0.227 e. The Hall–Kier alpha value is -2.87. The Morgan fingerprint density at radius 2 is 2.15 bits per heavy atom. The molecule has 138 valence electrons. The number of hydrogen-bond acceptors (Lipinski definition) is 4. The number of anilines is 2. The van der Waals surface area contributed by atoms with Gasteiger partial charge in [-0.1, -0.05) is 6.07 Å². The van der Waals surface area contributed by atoms with Gasteiger partial charge >= 0.3 is 0 Å². The molecule has 1 aliphatic heterocycles. The van der Waals surface area contributed by atoms with E-state index in [1.807, 2.05) is 23.4 Å². The zero-order chi connectivity index (χ0) is 18.6. The van der Waals surface area contributed by atoms with Crippen LogP contribution in [0.4, 0.5) is 11.4 Å². The number of pyridine rings is 1. The number of hydrogen-bond donors (Lipinski definition) is 1. The minimum Gasteiger partial charge on any atom is -0.382 e. The number of carbonyl (C=O) groups excluding carboxylic acids is 1. The first-order valence-corrected chi connectivity index (χ1v) is 9.71. The summed E-state index contributed by atoms with van der Waals surface area (Å²) in [7, 11) is 0. The van der Waals surface area contributed by atoms with Crippen molar-refractivity contribution in [2.24, 2.45) is 0 Å². The predicted molar refractivity (Wildman–Crippen MR) is 106 cm³/mol. The van der Waals surface area contributed by atoms with Crippen LogP contribution < -0.4 is 10.2 Å². The summed E-state index contributed by atoms with van der Waals surface area (Å²) in [6, 6.07) is 13.1. The van der Waals surface area contributed by atoms with Gasteiger partial charge in [0.05, 0.1) is 6.07 Å². The van der Waals surface area contributed by atoms with Crippen LogP contribution in [0, 0.1) is 11.3 Å². The van der Waals surface area contributed by atoms with E-state index in [0.717, 1.165) is 37.1 Å². The highest BCUT2D eigenvalue weighted by Gasteiger charge is 2.31. The summed E-state index contributed by atoms with van der Waals surface area (Å²) in [6.07, 6.45) is 8.59. The van der Waals surface area contributed by atoms with Crippen LogP contribution in [0.3, 0.4) is 0 Å². The zero-order valence-electron chi connectivity index (χ0n) is 15.4. The maximum atomic E-state index is 12.3. The van der Waals surface area contributed by atoms with Gasteiger partial charge in [-0.25, -0.2) is 0 Å². The number of benzene rings is 1. The fraction of sp³-hybridized carbons (Fsp3) is 0.409. The molecule has 1 aromatic carbocycles. The number of rotatable bonds is 6. The summed E-state index contributed by atoms with van der Waals surface area (Å²) in [4.78, 5) is 18.3. The van der Waals surface area contributed by atoms with Crippen molar-refractivity contribution in [3.05, 3.63) is 53.9 Å². The first kappa shape index (κ1) is 17.5. The number of aryl methyl sites for hydroxylation is 1. The first-order chi connectivity index (χ1) is 13.2. The van der Waals surface area contributed by atoms with Crippen LogP contribution in [0.15, 0.2) is 42.7 Å². The van der Waals surface area contributed by atoms with Crippen molar-refractivity contribution in [2.45, 2.75) is 50.5 Å². The molecule has 27 heavy (non-hydrogen) atoms. The third-order valence-electron chi connectivity index (χ3n) is 5.61. The molecule has 0 unspecified atom stereocenters. The van der Waals surface area contributed by atoms with E-state index in [2.05, 4.69) is 40.6 Å². The van der Waals surface area contributed by atoms with Gasteiger partial charge in [0.2, 0.25) is 5.91 Å². The Labute approximate surface area is 160 Å². The second-order valence-electron chi connectivity index (χ2n) is 7.45. The van der Waals surface area contributed by atoms with Crippen LogP contribution in [-0.4, -0.2) is 23.5 Å². The molecule has 2 aromatic rings. The molecule has 4 rings (SSSR count). The highest BCUT2D eigenvalue weighted by molar-refractivity contribution is 5.96. The van der Waals surface area contributed by atoms with Crippen LogP contribution >= 0.6 is 0 Å². The van der Waals surface area contributed by atoms with Crippen LogP contribution in [0.5, 0.6) is 0 Å². The maximum absolute atomic E-state index is 12.3. The van der Waals surface area contributed by atoms with E-state index in [9.17, 15) is 4.79 Å². The molecule has 0 radical (unpaired) electrons. The lowest BCUT2D eigenvalue weighted by atomic mass is 9.76. The molecular formula is C22H24N4O. The number of nitrogens with zero attached hydrogens (tertiary/aromatic N) is 3. The van der Waals surface area contributed by atoms with Gasteiger partial charge in [-0.15, -0.1) is 0 Å². The standard InChI is InChI=1S/C22H24N4O/c23-9-1-2-11-26-21-7-6-19(12-16(21)5-8-22(26)27)25-20-13-18(14-20)17-4-3-10-24-15-17/h3-4,6-7,10,12,15,18,20,25H,1-2,5,8,11,13-14H2. The zero-order valence-corrected chi connectivity index (χ0v) is 15.4. The Balaban J connectivity index is 1.39.